The van der Waals surface area contributed by atoms with Crippen LogP contribution in [0.3, 0.4) is 0 Å². The summed E-state index contributed by atoms with van der Waals surface area (Å²) in [7, 11) is 1.61. The minimum absolute atomic E-state index is 0.159. The number of aromatic nitrogens is 1. The maximum atomic E-state index is 12.2. The molecule has 0 saturated carbocycles. The number of pyridine rings is 1. The molecule has 4 nitrogen and oxygen atoms in total. The Kier molecular flexibility index (Phi) is 4.02. The lowest BCUT2D eigenvalue weighted by atomic mass is 10.1. The zero-order chi connectivity index (χ0) is 13.8. The molecule has 0 atom stereocenters. The van der Waals surface area contributed by atoms with Crippen molar-refractivity contribution in [2.45, 2.75) is 20.1 Å². The Balaban J connectivity index is 2.69. The average molecular weight is 259 g/mol. The van der Waals surface area contributed by atoms with E-state index in [9.17, 15) is 4.79 Å². The Morgan fingerprint density at radius 2 is 1.95 bits per heavy atom. The van der Waals surface area contributed by atoms with Crippen molar-refractivity contribution in [1.29, 1.82) is 0 Å². The maximum Gasteiger partial charge on any atom is 0.256 e. The van der Waals surface area contributed by atoms with Gasteiger partial charge >= 0.3 is 0 Å². The van der Waals surface area contributed by atoms with Crippen molar-refractivity contribution in [3.63, 3.8) is 0 Å². The first-order chi connectivity index (χ1) is 9.22. The van der Waals surface area contributed by atoms with Crippen molar-refractivity contribution < 1.29 is 9.84 Å². The number of benzene rings is 1. The van der Waals surface area contributed by atoms with Crippen molar-refractivity contribution >= 4 is 0 Å². The second-order valence-corrected chi connectivity index (χ2v) is 4.15. The molecule has 0 bridgehead atoms. The lowest BCUT2D eigenvalue weighted by Gasteiger charge is -2.15. The van der Waals surface area contributed by atoms with Gasteiger partial charge < -0.3 is 14.4 Å². The lowest BCUT2D eigenvalue weighted by molar-refractivity contribution is 0.279. The molecule has 2 aromatic rings. The topological polar surface area (TPSA) is 51.5 Å². The highest BCUT2D eigenvalue weighted by Crippen LogP contribution is 2.28. The van der Waals surface area contributed by atoms with Crippen LogP contribution < -0.4 is 10.3 Å². The summed E-state index contributed by atoms with van der Waals surface area (Å²) in [5.74, 6) is 0.723. The quantitative estimate of drug-likeness (QED) is 0.914. The number of ether oxygens (including phenoxy) is 1. The SMILES string of the molecule is CCn1c(-c2ccccc2OC)ccc(CO)c1=O. The standard InChI is InChI=1S/C15H17NO3/c1-3-16-13(9-8-11(10-17)15(16)18)12-6-4-5-7-14(12)19-2/h4-9,17H,3,10H2,1-2H3. The zero-order valence-corrected chi connectivity index (χ0v) is 11.1. The van der Waals surface area contributed by atoms with Gasteiger partial charge in [0, 0.05) is 17.7 Å². The summed E-state index contributed by atoms with van der Waals surface area (Å²) in [6.45, 7) is 2.20. The van der Waals surface area contributed by atoms with Crippen LogP contribution in [0.5, 0.6) is 5.75 Å². The van der Waals surface area contributed by atoms with E-state index in [0.29, 0.717) is 12.1 Å². The molecule has 0 amide bonds. The van der Waals surface area contributed by atoms with Crippen LogP contribution in [0.1, 0.15) is 12.5 Å². The molecule has 0 unspecified atom stereocenters. The molecule has 1 aromatic carbocycles. The fourth-order valence-corrected chi connectivity index (χ4v) is 2.15. The fraction of sp³-hybridized carbons (Fsp3) is 0.267. The Hall–Kier alpha value is -2.07. The van der Waals surface area contributed by atoms with Gasteiger partial charge in [-0.15, -0.1) is 0 Å². The van der Waals surface area contributed by atoms with Gasteiger partial charge in [-0.05, 0) is 31.2 Å². The molecule has 19 heavy (non-hydrogen) atoms. The third-order valence-electron chi connectivity index (χ3n) is 3.12. The van der Waals surface area contributed by atoms with Gasteiger partial charge in [0.15, 0.2) is 0 Å². The van der Waals surface area contributed by atoms with E-state index in [-0.39, 0.29) is 12.2 Å². The Labute approximate surface area is 111 Å². The average Bonchev–Trinajstić information content (AvgIpc) is 2.46. The molecule has 1 aromatic heterocycles. The first kappa shape index (κ1) is 13.4. The molecule has 0 aliphatic rings. The molecule has 1 heterocycles. The summed E-state index contributed by atoms with van der Waals surface area (Å²) in [6, 6.07) is 11.1. The van der Waals surface area contributed by atoms with Gasteiger partial charge in [0.2, 0.25) is 0 Å². The van der Waals surface area contributed by atoms with Crippen LogP contribution in [0.25, 0.3) is 11.3 Å². The van der Waals surface area contributed by atoms with Crippen LogP contribution in [0.2, 0.25) is 0 Å². The van der Waals surface area contributed by atoms with Gasteiger partial charge in [-0.1, -0.05) is 12.1 Å². The summed E-state index contributed by atoms with van der Waals surface area (Å²) >= 11 is 0. The fourth-order valence-electron chi connectivity index (χ4n) is 2.15. The van der Waals surface area contributed by atoms with Gasteiger partial charge in [-0.2, -0.15) is 0 Å². The Morgan fingerprint density at radius 3 is 2.58 bits per heavy atom. The lowest BCUT2D eigenvalue weighted by Crippen LogP contribution is -2.24. The molecule has 0 aliphatic heterocycles. The normalized spacial score (nSPS) is 10.5. The number of hydrogen-bond donors (Lipinski definition) is 1. The molecular formula is C15H17NO3. The van der Waals surface area contributed by atoms with Gasteiger partial charge in [-0.25, -0.2) is 0 Å². The first-order valence-electron chi connectivity index (χ1n) is 6.19. The van der Waals surface area contributed by atoms with Crippen molar-refractivity contribution in [2.24, 2.45) is 0 Å². The number of hydrogen-bond acceptors (Lipinski definition) is 3. The van der Waals surface area contributed by atoms with E-state index >= 15 is 0 Å². The number of rotatable bonds is 4. The minimum Gasteiger partial charge on any atom is -0.496 e. The summed E-state index contributed by atoms with van der Waals surface area (Å²) in [4.78, 5) is 12.2. The highest BCUT2D eigenvalue weighted by Gasteiger charge is 2.12. The van der Waals surface area contributed by atoms with Crippen molar-refractivity contribution in [1.82, 2.24) is 4.57 Å². The molecule has 100 valence electrons. The van der Waals surface area contributed by atoms with Crippen LogP contribution in [0, 0.1) is 0 Å². The van der Waals surface area contributed by atoms with Crippen LogP contribution in [0.4, 0.5) is 0 Å². The second kappa shape index (κ2) is 5.71. The molecule has 0 radical (unpaired) electrons. The first-order valence-corrected chi connectivity index (χ1v) is 6.19. The molecule has 1 N–H and O–H groups in total. The Bertz CT molecular complexity index is 632. The van der Waals surface area contributed by atoms with E-state index in [1.807, 2.05) is 37.3 Å². The zero-order valence-electron chi connectivity index (χ0n) is 11.1. The van der Waals surface area contributed by atoms with Gasteiger partial charge in [0.1, 0.15) is 5.75 Å². The third-order valence-corrected chi connectivity index (χ3v) is 3.12. The molecule has 0 aliphatic carbocycles. The monoisotopic (exact) mass is 259 g/mol. The van der Waals surface area contributed by atoms with E-state index in [1.54, 1.807) is 17.7 Å². The number of nitrogens with zero attached hydrogens (tertiary/aromatic N) is 1. The van der Waals surface area contributed by atoms with Gasteiger partial charge in [0.25, 0.3) is 5.56 Å². The van der Waals surface area contributed by atoms with Crippen LogP contribution in [-0.2, 0) is 13.2 Å². The smallest absolute Gasteiger partial charge is 0.256 e. The minimum atomic E-state index is -0.245. The van der Waals surface area contributed by atoms with E-state index in [2.05, 4.69) is 0 Å². The second-order valence-electron chi connectivity index (χ2n) is 4.15. The van der Waals surface area contributed by atoms with E-state index in [0.717, 1.165) is 17.0 Å². The summed E-state index contributed by atoms with van der Waals surface area (Å²) in [5, 5.41) is 9.16. The highest BCUT2D eigenvalue weighted by atomic mass is 16.5. The summed E-state index contributed by atoms with van der Waals surface area (Å²) in [5.41, 5.74) is 1.91. The van der Waals surface area contributed by atoms with Crippen LogP contribution >= 0.6 is 0 Å². The Morgan fingerprint density at radius 1 is 1.21 bits per heavy atom. The molecule has 2 rings (SSSR count). The number of para-hydroxylation sites is 1. The predicted molar refractivity (Wildman–Crippen MR) is 74.3 cm³/mol. The number of methoxy groups -OCH3 is 1. The predicted octanol–water partition coefficient (Wildman–Crippen LogP) is 2.04. The van der Waals surface area contributed by atoms with Gasteiger partial charge in [0.05, 0.1) is 19.4 Å². The van der Waals surface area contributed by atoms with Crippen molar-refractivity contribution in [3.8, 4) is 17.0 Å². The largest absolute Gasteiger partial charge is 0.496 e. The molecule has 4 heteroatoms. The van der Waals surface area contributed by atoms with Crippen molar-refractivity contribution in [3.05, 3.63) is 52.3 Å². The number of aliphatic hydroxyl groups excluding tert-OH is 1. The van der Waals surface area contributed by atoms with Crippen LogP contribution in [0.15, 0.2) is 41.2 Å². The molecule has 0 saturated heterocycles. The van der Waals surface area contributed by atoms with E-state index < -0.39 is 0 Å². The van der Waals surface area contributed by atoms with Crippen LogP contribution in [-0.4, -0.2) is 16.8 Å². The van der Waals surface area contributed by atoms with E-state index in [4.69, 9.17) is 9.84 Å². The maximum absolute atomic E-state index is 12.2. The van der Waals surface area contributed by atoms with Crippen molar-refractivity contribution in [2.75, 3.05) is 7.11 Å². The molecular weight excluding hydrogens is 242 g/mol. The summed E-state index contributed by atoms with van der Waals surface area (Å²) in [6.07, 6.45) is 0. The number of aliphatic hydroxyl groups is 1. The highest BCUT2D eigenvalue weighted by molar-refractivity contribution is 5.67. The van der Waals surface area contributed by atoms with Gasteiger partial charge in [-0.3, -0.25) is 4.79 Å². The third kappa shape index (κ3) is 2.39. The molecule has 0 spiro atoms. The summed E-state index contributed by atoms with van der Waals surface area (Å²) < 4.78 is 6.97. The molecule has 0 fully saturated rings. The van der Waals surface area contributed by atoms with E-state index in [1.165, 1.54) is 0 Å².